The molecule has 4 aromatic heterocycles. The molecule has 6 heterocycles. The third kappa shape index (κ3) is 22.6. The second-order valence-corrected chi connectivity index (χ2v) is 20.9. The number of nitrogens with one attached hydrogen (secondary N) is 1. The minimum absolute atomic E-state index is 0.00829. The Morgan fingerprint density at radius 3 is 1.87 bits per heavy atom. The van der Waals surface area contributed by atoms with Crippen LogP contribution in [0.15, 0.2) is 23.6 Å². The number of anilines is 1. The number of rotatable bonds is 40. The zero-order chi connectivity index (χ0) is 53.3. The van der Waals surface area contributed by atoms with Crippen LogP contribution in [0.1, 0.15) is 86.9 Å². The Kier molecular flexibility index (Phi) is 30.2. The van der Waals surface area contributed by atoms with E-state index in [0.717, 1.165) is 125 Å². The predicted molar refractivity (Wildman–Crippen MR) is 299 cm³/mol. The smallest absolute Gasteiger partial charge is 0.220 e. The Hall–Kier alpha value is -3.60. The molecule has 2 aliphatic heterocycles. The highest BCUT2D eigenvalue weighted by Crippen LogP contribution is 2.41. The molecule has 0 aliphatic carbocycles. The van der Waals surface area contributed by atoms with Gasteiger partial charge in [0.05, 0.1) is 134 Å². The molecule has 0 saturated carbocycles. The predicted octanol–water partition coefficient (Wildman–Crippen LogP) is 6.09. The van der Waals surface area contributed by atoms with Crippen molar-refractivity contribution in [1.82, 2.24) is 39.6 Å². The summed E-state index contributed by atoms with van der Waals surface area (Å²) >= 11 is 3.41. The zero-order valence-electron chi connectivity index (χ0n) is 45.7. The maximum atomic E-state index is 12.0. The molecule has 0 bridgehead atoms. The average molecular weight is 1100 g/mol. The van der Waals surface area contributed by atoms with Crippen molar-refractivity contribution in [2.24, 2.45) is 5.92 Å². The van der Waals surface area contributed by atoms with Crippen LogP contribution in [-0.2, 0) is 60.4 Å². The van der Waals surface area contributed by atoms with Crippen LogP contribution in [0.3, 0.4) is 0 Å². The number of methoxy groups -OCH3 is 1. The molecule has 2 fully saturated rings. The second kappa shape index (κ2) is 37.3. The highest BCUT2D eigenvalue weighted by molar-refractivity contribution is 7.98. The monoisotopic (exact) mass is 1100 g/mol. The summed E-state index contributed by atoms with van der Waals surface area (Å²) in [5, 5.41) is 3.58. The van der Waals surface area contributed by atoms with Crippen LogP contribution >= 0.6 is 23.1 Å². The maximum absolute atomic E-state index is 12.0. The van der Waals surface area contributed by atoms with E-state index in [-0.39, 0.29) is 5.91 Å². The second-order valence-electron chi connectivity index (χ2n) is 19.1. The van der Waals surface area contributed by atoms with Gasteiger partial charge in [0.15, 0.2) is 11.0 Å². The topological polar surface area (TPSA) is 201 Å². The molecule has 0 aromatic carbocycles. The molecule has 2 saturated heterocycles. The molecule has 0 spiro atoms. The quantitative estimate of drug-likeness (QED) is 0.0224. The van der Waals surface area contributed by atoms with E-state index < -0.39 is 0 Å². The molecule has 4 aromatic rings. The number of nitrogens with two attached hydrogens (primary N) is 1. The molecular weight excluding hydrogens is 1010 g/mol. The molecule has 76 heavy (non-hydrogen) atoms. The number of thiophene rings is 1. The minimum atomic E-state index is -0.00829. The summed E-state index contributed by atoms with van der Waals surface area (Å²) in [4.78, 5) is 37.0. The van der Waals surface area contributed by atoms with Gasteiger partial charge in [0, 0.05) is 69.8 Å². The van der Waals surface area contributed by atoms with Gasteiger partial charge < -0.3 is 68.0 Å². The number of fused-ring (bicyclic) bond motifs is 3. The van der Waals surface area contributed by atoms with Crippen LogP contribution in [0.4, 0.5) is 5.82 Å². The van der Waals surface area contributed by atoms with Gasteiger partial charge >= 0.3 is 0 Å². The summed E-state index contributed by atoms with van der Waals surface area (Å²) in [6.45, 7) is 18.9. The van der Waals surface area contributed by atoms with E-state index in [2.05, 4.69) is 54.5 Å². The summed E-state index contributed by atoms with van der Waals surface area (Å²) in [6.07, 6.45) is 14.9. The summed E-state index contributed by atoms with van der Waals surface area (Å²) in [7, 11) is 1.78. The van der Waals surface area contributed by atoms with Crippen molar-refractivity contribution >= 4 is 56.1 Å². The first-order chi connectivity index (χ1) is 37.4. The van der Waals surface area contributed by atoms with E-state index in [9.17, 15) is 4.79 Å². The Labute approximate surface area is 459 Å². The number of hydrogen-bond acceptors (Lipinski definition) is 19. The number of ether oxygens (including phenoxy) is 9. The van der Waals surface area contributed by atoms with Gasteiger partial charge in [0.2, 0.25) is 5.91 Å². The van der Waals surface area contributed by atoms with Crippen LogP contribution in [0.5, 0.6) is 0 Å². The van der Waals surface area contributed by atoms with Crippen molar-refractivity contribution in [2.45, 2.75) is 88.8 Å². The van der Waals surface area contributed by atoms with Crippen molar-refractivity contribution < 1.29 is 47.4 Å². The lowest BCUT2D eigenvalue weighted by molar-refractivity contribution is -0.121. The third-order valence-corrected chi connectivity index (χ3v) is 15.3. The van der Waals surface area contributed by atoms with Gasteiger partial charge in [-0.15, -0.1) is 11.3 Å². The lowest BCUT2D eigenvalue weighted by atomic mass is 9.95. The van der Waals surface area contributed by atoms with Gasteiger partial charge in [-0.25, -0.2) is 19.9 Å². The lowest BCUT2D eigenvalue weighted by Gasteiger charge is -2.32. The summed E-state index contributed by atoms with van der Waals surface area (Å²) in [5.41, 5.74) is 10.5. The number of hydrogen-bond donors (Lipinski definition) is 2. The normalized spacial score (nSPS) is 15.0. The van der Waals surface area contributed by atoms with E-state index in [0.29, 0.717) is 149 Å². The number of aromatic nitrogens is 5. The fraction of sp³-hybridized carbons (Fsp3) is 0.727. The molecule has 2 aliphatic rings. The number of thioether (sulfide) groups is 1. The van der Waals surface area contributed by atoms with Crippen molar-refractivity contribution in [3.8, 4) is 11.8 Å². The van der Waals surface area contributed by atoms with Gasteiger partial charge in [-0.05, 0) is 88.9 Å². The molecule has 424 valence electrons. The molecule has 0 atom stereocenters. The Morgan fingerprint density at radius 1 is 0.750 bits per heavy atom. The van der Waals surface area contributed by atoms with Crippen LogP contribution in [0, 0.1) is 17.8 Å². The fourth-order valence-electron chi connectivity index (χ4n) is 9.15. The standard InChI is InChI=1S/C55H87N9O10S2/c1-4-5-10-49-61-51-52(53-47(60-54(51)56)40-48(76-53)46-14-19-63(20-15-46)21-24-66-2)64(49)43-44-12-17-62(18-13-44)22-25-68-27-29-70-31-33-72-35-37-74-39-38-73-36-34-71-32-30-69-28-26-67-23-16-57-50(65)11-8-6-7-9-45-41-58-55(75-3)59-42-45/h40-42,44,46H,4-6,8,10-39,43H2,1-3H3,(H2,56,60)(H,57,65). The van der Waals surface area contributed by atoms with Crippen LogP contribution in [0.25, 0.3) is 21.3 Å². The number of unbranched alkanes of at least 4 members (excludes halogenated alkanes) is 2. The maximum Gasteiger partial charge on any atom is 0.220 e. The highest BCUT2D eigenvalue weighted by Gasteiger charge is 2.27. The van der Waals surface area contributed by atoms with Gasteiger partial charge in [-0.2, -0.15) is 0 Å². The number of aryl methyl sites for hydroxylation is 1. The number of carbonyl (C=O) groups is 1. The Bertz CT molecular complexity index is 2260. The van der Waals surface area contributed by atoms with Crippen LogP contribution < -0.4 is 11.1 Å². The van der Waals surface area contributed by atoms with E-state index in [1.165, 1.54) is 26.9 Å². The number of pyridine rings is 1. The largest absolute Gasteiger partial charge is 0.383 e. The molecule has 0 unspecified atom stereocenters. The van der Waals surface area contributed by atoms with E-state index >= 15 is 0 Å². The van der Waals surface area contributed by atoms with Crippen molar-refractivity contribution in [1.29, 1.82) is 0 Å². The van der Waals surface area contributed by atoms with E-state index in [4.69, 9.17) is 58.3 Å². The molecule has 1 amide bonds. The number of amides is 1. The average Bonchev–Trinajstić information content (AvgIpc) is 4.06. The summed E-state index contributed by atoms with van der Waals surface area (Å²) in [6, 6.07) is 2.31. The number of nitrogens with zero attached hydrogens (tertiary/aromatic N) is 7. The Morgan fingerprint density at radius 2 is 1.30 bits per heavy atom. The van der Waals surface area contributed by atoms with Crippen molar-refractivity contribution in [2.75, 3.05) is 177 Å². The van der Waals surface area contributed by atoms with Gasteiger partial charge in [-0.1, -0.05) is 36.9 Å². The molecule has 6 rings (SSSR count). The lowest BCUT2D eigenvalue weighted by Crippen LogP contribution is -2.37. The van der Waals surface area contributed by atoms with Crippen molar-refractivity contribution in [3.05, 3.63) is 34.7 Å². The number of nitrogen functional groups attached to an aromatic ring is 1. The summed E-state index contributed by atoms with van der Waals surface area (Å²) < 4.78 is 54.2. The van der Waals surface area contributed by atoms with E-state index in [1.54, 1.807) is 19.5 Å². The molecule has 19 nitrogen and oxygen atoms in total. The van der Waals surface area contributed by atoms with Crippen LogP contribution in [-0.4, -0.2) is 212 Å². The molecule has 21 heteroatoms. The molecule has 3 N–H and O–H groups in total. The molecule has 0 radical (unpaired) electrons. The van der Waals surface area contributed by atoms with E-state index in [1.807, 2.05) is 17.6 Å². The summed E-state index contributed by atoms with van der Waals surface area (Å²) in [5.74, 6) is 8.93. The number of carbonyl (C=O) groups excluding carboxylic acids is 1. The van der Waals surface area contributed by atoms with Gasteiger partial charge in [-0.3, -0.25) is 4.79 Å². The number of piperidine rings is 2. The molecular formula is C55H87N9O10S2. The Balaban J connectivity index is 0.686. The third-order valence-electron chi connectivity index (χ3n) is 13.5. The fourth-order valence-corrected chi connectivity index (χ4v) is 10.8. The van der Waals surface area contributed by atoms with Crippen molar-refractivity contribution in [3.63, 3.8) is 0 Å². The number of likely N-dealkylation sites (tertiary alicyclic amines) is 2. The first kappa shape index (κ1) is 61.6. The highest BCUT2D eigenvalue weighted by atomic mass is 32.2. The van der Waals surface area contributed by atoms with Crippen LogP contribution in [0.2, 0.25) is 0 Å². The minimum Gasteiger partial charge on any atom is -0.383 e. The zero-order valence-corrected chi connectivity index (χ0v) is 47.4. The number of imidazole rings is 1. The van der Waals surface area contributed by atoms with Gasteiger partial charge in [0.1, 0.15) is 11.3 Å². The first-order valence-corrected chi connectivity index (χ1v) is 29.7. The van der Waals surface area contributed by atoms with Gasteiger partial charge in [0.25, 0.3) is 0 Å². The SMILES string of the molecule is CCCCc1nc2c(N)nc3cc(C4CCN(CCOC)CC4)sc3c2n1CC1CCN(CCOCCOCCOCCOCCOCCOCCOCCOCCNC(=O)CCCC#Cc2cnc(SC)nc2)CC1. The first-order valence-electron chi connectivity index (χ1n) is 27.7.